The highest BCUT2D eigenvalue weighted by atomic mass is 19.4. The Morgan fingerprint density at radius 1 is 1.11 bits per heavy atom. The molecule has 1 amide bonds. The number of fused-ring (bicyclic) bond motifs is 1. The van der Waals surface area contributed by atoms with Crippen LogP contribution < -0.4 is 10.2 Å². The number of carbonyl (C=O) groups is 1. The van der Waals surface area contributed by atoms with E-state index in [4.69, 9.17) is 0 Å². The zero-order valence-corrected chi connectivity index (χ0v) is 14.9. The van der Waals surface area contributed by atoms with Gasteiger partial charge in [-0.25, -0.2) is 9.97 Å². The Morgan fingerprint density at radius 3 is 2.54 bits per heavy atom. The smallest absolute Gasteiger partial charge is 0.370 e. The third kappa shape index (κ3) is 3.64. The molecule has 4 rings (SSSR count). The first-order valence-electron chi connectivity index (χ1n) is 8.95. The minimum absolute atomic E-state index is 0.190. The molecule has 3 heterocycles. The number of nitrogens with one attached hydrogen (secondary N) is 1. The van der Waals surface area contributed by atoms with E-state index in [0.717, 1.165) is 36.2 Å². The molecule has 1 fully saturated rings. The topological polar surface area (TPSA) is 63.1 Å². The Balaban J connectivity index is 1.52. The Morgan fingerprint density at radius 2 is 1.86 bits per heavy atom. The third-order valence-electron chi connectivity index (χ3n) is 4.70. The van der Waals surface area contributed by atoms with E-state index in [9.17, 15) is 18.0 Å². The van der Waals surface area contributed by atoms with Crippen LogP contribution in [0.3, 0.4) is 0 Å². The maximum Gasteiger partial charge on any atom is 0.449 e. The Hall–Kier alpha value is -3.10. The van der Waals surface area contributed by atoms with Crippen molar-refractivity contribution in [3.63, 3.8) is 0 Å². The van der Waals surface area contributed by atoms with E-state index in [0.29, 0.717) is 5.82 Å². The monoisotopic (exact) mass is 389 g/mol. The summed E-state index contributed by atoms with van der Waals surface area (Å²) >= 11 is 0. The van der Waals surface area contributed by atoms with Crippen LogP contribution in [0.2, 0.25) is 0 Å². The van der Waals surface area contributed by atoms with Crippen molar-refractivity contribution in [2.24, 2.45) is 0 Å². The third-order valence-corrected chi connectivity index (χ3v) is 4.70. The van der Waals surface area contributed by atoms with Crippen molar-refractivity contribution in [3.05, 3.63) is 48.4 Å². The first-order chi connectivity index (χ1) is 13.4. The van der Waals surface area contributed by atoms with Gasteiger partial charge in [0.05, 0.1) is 22.9 Å². The second kappa shape index (κ2) is 7.14. The fraction of sp³-hybridized carbons (Fsp3) is 0.316. The van der Waals surface area contributed by atoms with Gasteiger partial charge in [-0.15, -0.1) is 0 Å². The zero-order chi connectivity index (χ0) is 19.7. The Bertz CT molecular complexity index is 991. The molecule has 1 N–H and O–H groups in total. The molecule has 0 radical (unpaired) electrons. The Labute approximate surface area is 159 Å². The number of hydrogen-bond donors (Lipinski definition) is 1. The van der Waals surface area contributed by atoms with Gasteiger partial charge in [-0.1, -0.05) is 12.1 Å². The van der Waals surface area contributed by atoms with Crippen LogP contribution in [0.5, 0.6) is 0 Å². The van der Waals surface area contributed by atoms with Crippen molar-refractivity contribution in [3.8, 4) is 0 Å². The number of imidazole rings is 1. The molecular weight excluding hydrogens is 371 g/mol. The molecule has 1 aliphatic rings. The molecule has 1 aromatic carbocycles. The summed E-state index contributed by atoms with van der Waals surface area (Å²) < 4.78 is 40.9. The van der Waals surface area contributed by atoms with E-state index < -0.39 is 24.5 Å². The zero-order valence-electron chi connectivity index (χ0n) is 14.9. The molecule has 0 aliphatic carbocycles. The van der Waals surface area contributed by atoms with Crippen LogP contribution >= 0.6 is 0 Å². The summed E-state index contributed by atoms with van der Waals surface area (Å²) in [7, 11) is 0. The lowest BCUT2D eigenvalue weighted by atomic mass is 10.3. The number of halogens is 3. The van der Waals surface area contributed by atoms with Crippen LogP contribution in [0.15, 0.2) is 42.6 Å². The molecule has 3 aromatic rings. The van der Waals surface area contributed by atoms with Crippen LogP contribution in [-0.4, -0.2) is 33.5 Å². The lowest BCUT2D eigenvalue weighted by Crippen LogP contribution is -2.24. The van der Waals surface area contributed by atoms with Crippen molar-refractivity contribution < 1.29 is 18.0 Å². The van der Waals surface area contributed by atoms with Gasteiger partial charge < -0.3 is 14.8 Å². The number of pyridine rings is 1. The largest absolute Gasteiger partial charge is 0.449 e. The molecule has 28 heavy (non-hydrogen) atoms. The highest BCUT2D eigenvalue weighted by Crippen LogP contribution is 2.31. The normalized spacial score (nSPS) is 14.6. The molecular formula is C19H18F3N5O. The number of rotatable bonds is 4. The summed E-state index contributed by atoms with van der Waals surface area (Å²) in [5, 5.41) is 2.56. The van der Waals surface area contributed by atoms with Gasteiger partial charge in [0.25, 0.3) is 0 Å². The average molecular weight is 389 g/mol. The summed E-state index contributed by atoms with van der Waals surface area (Å²) in [5.74, 6) is -1.40. The van der Waals surface area contributed by atoms with Crippen LogP contribution in [-0.2, 0) is 17.5 Å². The molecule has 0 saturated carbocycles. The van der Waals surface area contributed by atoms with Crippen molar-refractivity contribution in [1.82, 2.24) is 14.5 Å². The van der Waals surface area contributed by atoms with E-state index in [1.165, 1.54) is 12.1 Å². The van der Waals surface area contributed by atoms with Gasteiger partial charge in [-0.3, -0.25) is 4.79 Å². The summed E-state index contributed by atoms with van der Waals surface area (Å²) in [5.41, 5.74) is 1.41. The van der Waals surface area contributed by atoms with Crippen molar-refractivity contribution in [2.45, 2.75) is 25.6 Å². The SMILES string of the molecule is O=C(Cn1c(C(F)(F)F)nc2ccccc21)Nc1ccc(N2CCCC2)cn1. The molecule has 9 heteroatoms. The van der Waals surface area contributed by atoms with E-state index in [1.54, 1.807) is 24.4 Å². The second-order valence-corrected chi connectivity index (χ2v) is 6.65. The predicted molar refractivity (Wildman–Crippen MR) is 99.0 cm³/mol. The lowest BCUT2D eigenvalue weighted by Gasteiger charge is -2.17. The van der Waals surface area contributed by atoms with E-state index in [2.05, 4.69) is 20.2 Å². The van der Waals surface area contributed by atoms with Crippen molar-refractivity contribution >= 4 is 28.4 Å². The molecule has 0 atom stereocenters. The Kier molecular flexibility index (Phi) is 4.66. The van der Waals surface area contributed by atoms with Gasteiger partial charge in [-0.2, -0.15) is 13.2 Å². The molecule has 1 saturated heterocycles. The first kappa shape index (κ1) is 18.3. The highest BCUT2D eigenvalue weighted by Gasteiger charge is 2.38. The maximum atomic E-state index is 13.3. The predicted octanol–water partition coefficient (Wildman–Crippen LogP) is 3.69. The number of alkyl halides is 3. The van der Waals surface area contributed by atoms with E-state index in [1.807, 2.05) is 6.07 Å². The molecule has 0 unspecified atom stereocenters. The highest BCUT2D eigenvalue weighted by molar-refractivity contribution is 5.91. The number of amides is 1. The van der Waals surface area contributed by atoms with Crippen LogP contribution in [0.25, 0.3) is 11.0 Å². The molecule has 0 spiro atoms. The molecule has 146 valence electrons. The number of benzene rings is 1. The standard InChI is InChI=1S/C19H18F3N5O/c20-19(21,22)18-24-14-5-1-2-6-15(14)27(18)12-17(28)25-16-8-7-13(11-23-16)26-9-3-4-10-26/h1-2,5-8,11H,3-4,9-10,12H2,(H,23,25,28). The van der Waals surface area contributed by atoms with Crippen LogP contribution in [0.1, 0.15) is 18.7 Å². The second-order valence-electron chi connectivity index (χ2n) is 6.65. The van der Waals surface area contributed by atoms with Crippen molar-refractivity contribution in [2.75, 3.05) is 23.3 Å². The summed E-state index contributed by atoms with van der Waals surface area (Å²) in [6, 6.07) is 9.71. The number of carbonyl (C=O) groups excluding carboxylic acids is 1. The summed E-state index contributed by atoms with van der Waals surface area (Å²) in [6.45, 7) is 1.44. The summed E-state index contributed by atoms with van der Waals surface area (Å²) in [4.78, 5) is 22.4. The molecule has 2 aromatic heterocycles. The fourth-order valence-electron chi connectivity index (χ4n) is 3.40. The van der Waals surface area contributed by atoms with Gasteiger partial charge >= 0.3 is 6.18 Å². The molecule has 6 nitrogen and oxygen atoms in total. The minimum Gasteiger partial charge on any atom is -0.370 e. The lowest BCUT2D eigenvalue weighted by molar-refractivity contribution is -0.147. The molecule has 0 bridgehead atoms. The van der Waals surface area contributed by atoms with E-state index in [-0.39, 0.29) is 11.0 Å². The number of nitrogens with zero attached hydrogens (tertiary/aromatic N) is 4. The summed E-state index contributed by atoms with van der Waals surface area (Å²) in [6.07, 6.45) is -0.721. The van der Waals surface area contributed by atoms with Crippen LogP contribution in [0.4, 0.5) is 24.7 Å². The average Bonchev–Trinajstić information content (AvgIpc) is 3.31. The number of hydrogen-bond acceptors (Lipinski definition) is 4. The quantitative estimate of drug-likeness (QED) is 0.739. The van der Waals surface area contributed by atoms with Crippen LogP contribution in [0, 0.1) is 0 Å². The van der Waals surface area contributed by atoms with Gasteiger partial charge in [0.2, 0.25) is 11.7 Å². The first-order valence-corrected chi connectivity index (χ1v) is 8.95. The van der Waals surface area contributed by atoms with Gasteiger partial charge in [0, 0.05) is 13.1 Å². The van der Waals surface area contributed by atoms with E-state index >= 15 is 0 Å². The van der Waals surface area contributed by atoms with Crippen molar-refractivity contribution in [1.29, 1.82) is 0 Å². The van der Waals surface area contributed by atoms with Gasteiger partial charge in [-0.05, 0) is 37.1 Å². The van der Waals surface area contributed by atoms with Gasteiger partial charge in [0.1, 0.15) is 12.4 Å². The minimum atomic E-state index is -4.66. The number of anilines is 2. The number of para-hydroxylation sites is 2. The molecule has 1 aliphatic heterocycles. The number of aromatic nitrogens is 3. The fourth-order valence-corrected chi connectivity index (χ4v) is 3.40. The maximum absolute atomic E-state index is 13.3. The van der Waals surface area contributed by atoms with Gasteiger partial charge in [0.15, 0.2) is 0 Å².